The summed E-state index contributed by atoms with van der Waals surface area (Å²) in [5.41, 5.74) is 0.137. The van der Waals surface area contributed by atoms with Crippen LogP contribution in [0.4, 0.5) is 0 Å². The van der Waals surface area contributed by atoms with Crippen molar-refractivity contribution in [2.24, 2.45) is 5.41 Å². The zero-order valence-electron chi connectivity index (χ0n) is 9.87. The third-order valence-corrected chi connectivity index (χ3v) is 4.66. The Balaban J connectivity index is 2.15. The van der Waals surface area contributed by atoms with Gasteiger partial charge in [-0.15, -0.1) is 11.8 Å². The maximum atomic E-state index is 11.4. The number of halogens is 1. The van der Waals surface area contributed by atoms with Gasteiger partial charge in [-0.05, 0) is 42.5 Å². The van der Waals surface area contributed by atoms with E-state index in [1.807, 2.05) is 12.1 Å². The minimum Gasteiger partial charge on any atom is -0.480 e. The molecule has 2 rings (SSSR count). The molecule has 1 fully saturated rings. The number of hydrogen-bond donors (Lipinski definition) is 1. The molecule has 1 N–H and O–H groups in total. The summed E-state index contributed by atoms with van der Waals surface area (Å²) < 4.78 is -0.655. The van der Waals surface area contributed by atoms with E-state index in [1.54, 1.807) is 12.1 Å². The number of rotatable bonds is 3. The van der Waals surface area contributed by atoms with E-state index in [9.17, 15) is 9.90 Å². The van der Waals surface area contributed by atoms with E-state index < -0.39 is 10.7 Å². The molecule has 0 aromatic heterocycles. The molecule has 17 heavy (non-hydrogen) atoms. The molecule has 0 atom stereocenters. The maximum Gasteiger partial charge on any atom is 0.320 e. The lowest BCUT2D eigenvalue weighted by Crippen LogP contribution is -2.52. The number of benzene rings is 1. The van der Waals surface area contributed by atoms with Crippen molar-refractivity contribution in [3.8, 4) is 0 Å². The Kier molecular flexibility index (Phi) is 3.17. The van der Waals surface area contributed by atoms with Crippen LogP contribution >= 0.6 is 23.4 Å². The molecule has 92 valence electrons. The second kappa shape index (κ2) is 4.21. The van der Waals surface area contributed by atoms with E-state index >= 15 is 0 Å². The number of thioether (sulfide) groups is 1. The first-order valence-electron chi connectivity index (χ1n) is 5.51. The van der Waals surface area contributed by atoms with Crippen LogP contribution in [-0.4, -0.2) is 15.8 Å². The summed E-state index contributed by atoms with van der Waals surface area (Å²) in [7, 11) is 0. The van der Waals surface area contributed by atoms with Gasteiger partial charge in [-0.25, -0.2) is 0 Å². The highest BCUT2D eigenvalue weighted by atomic mass is 35.5. The minimum absolute atomic E-state index is 0.137. The van der Waals surface area contributed by atoms with Gasteiger partial charge in [0.05, 0.1) is 0 Å². The van der Waals surface area contributed by atoms with Crippen molar-refractivity contribution in [3.05, 3.63) is 29.3 Å². The smallest absolute Gasteiger partial charge is 0.320 e. The van der Waals surface area contributed by atoms with Crippen LogP contribution in [0.2, 0.25) is 5.02 Å². The summed E-state index contributed by atoms with van der Waals surface area (Å²) in [5.74, 6) is -0.711. The van der Waals surface area contributed by atoms with Crippen molar-refractivity contribution >= 4 is 29.3 Å². The normalized spacial score (nSPS) is 20.6. The monoisotopic (exact) mass is 270 g/mol. The van der Waals surface area contributed by atoms with Crippen LogP contribution in [-0.2, 0) is 4.79 Å². The molecular formula is C13H15ClO2S. The van der Waals surface area contributed by atoms with Crippen LogP contribution in [0, 0.1) is 5.41 Å². The molecule has 0 aliphatic heterocycles. The third kappa shape index (κ3) is 2.61. The lowest BCUT2D eigenvalue weighted by atomic mass is 9.64. The van der Waals surface area contributed by atoms with Gasteiger partial charge in [0.25, 0.3) is 0 Å². The fraction of sp³-hybridized carbons (Fsp3) is 0.462. The summed E-state index contributed by atoms with van der Waals surface area (Å²) in [6.45, 7) is 4.22. The van der Waals surface area contributed by atoms with Crippen LogP contribution in [0.5, 0.6) is 0 Å². The highest BCUT2D eigenvalue weighted by Gasteiger charge is 2.55. The Morgan fingerprint density at radius 3 is 2.24 bits per heavy atom. The Hall–Kier alpha value is -0.670. The largest absolute Gasteiger partial charge is 0.480 e. The van der Waals surface area contributed by atoms with Gasteiger partial charge in [0.2, 0.25) is 0 Å². The first kappa shape index (κ1) is 12.8. The van der Waals surface area contributed by atoms with Crippen molar-refractivity contribution in [2.45, 2.75) is 36.3 Å². The Labute approximate surface area is 110 Å². The second-order valence-corrected chi connectivity index (χ2v) is 7.27. The Morgan fingerprint density at radius 2 is 1.82 bits per heavy atom. The second-order valence-electron chi connectivity index (χ2n) is 5.37. The molecule has 0 bridgehead atoms. The number of carbonyl (C=O) groups is 1. The van der Waals surface area contributed by atoms with E-state index in [0.717, 1.165) is 4.90 Å². The molecule has 0 amide bonds. The first-order chi connectivity index (χ1) is 7.83. The van der Waals surface area contributed by atoms with Gasteiger partial charge in [0.1, 0.15) is 4.75 Å². The molecule has 0 heterocycles. The van der Waals surface area contributed by atoms with Gasteiger partial charge < -0.3 is 5.11 Å². The maximum absolute atomic E-state index is 11.4. The van der Waals surface area contributed by atoms with Crippen molar-refractivity contribution < 1.29 is 9.90 Å². The van der Waals surface area contributed by atoms with Gasteiger partial charge in [0, 0.05) is 9.92 Å². The summed E-state index contributed by atoms with van der Waals surface area (Å²) in [6.07, 6.45) is 1.42. The molecule has 1 aliphatic rings. The average molecular weight is 271 g/mol. The fourth-order valence-corrected chi connectivity index (χ4v) is 4.35. The number of carboxylic acid groups (broad SMARTS) is 1. The van der Waals surface area contributed by atoms with Crippen LogP contribution in [0.3, 0.4) is 0 Å². The molecule has 0 unspecified atom stereocenters. The van der Waals surface area contributed by atoms with E-state index in [0.29, 0.717) is 17.9 Å². The zero-order chi connectivity index (χ0) is 12.7. The molecule has 0 radical (unpaired) electrons. The molecule has 0 spiro atoms. The zero-order valence-corrected chi connectivity index (χ0v) is 11.4. The average Bonchev–Trinajstić information content (AvgIpc) is 2.18. The standard InChI is InChI=1S/C13H15ClO2S/c1-12(2)7-13(8-12,11(15)16)17-10-5-3-9(14)4-6-10/h3-6H,7-8H2,1-2H3,(H,15,16). The molecule has 0 saturated heterocycles. The van der Waals surface area contributed by atoms with Crippen LogP contribution in [0.25, 0.3) is 0 Å². The first-order valence-corrected chi connectivity index (χ1v) is 6.71. The van der Waals surface area contributed by atoms with E-state index in [2.05, 4.69) is 13.8 Å². The predicted molar refractivity (Wildman–Crippen MR) is 70.7 cm³/mol. The van der Waals surface area contributed by atoms with E-state index in [-0.39, 0.29) is 5.41 Å². The number of hydrogen-bond acceptors (Lipinski definition) is 2. The van der Waals surface area contributed by atoms with Gasteiger partial charge in [-0.1, -0.05) is 25.4 Å². The summed E-state index contributed by atoms with van der Waals surface area (Å²) in [5, 5.41) is 10.1. The minimum atomic E-state index is -0.711. The molecule has 4 heteroatoms. The predicted octanol–water partition coefficient (Wildman–Crippen LogP) is 4.08. The number of carboxylic acids is 1. The molecule has 2 nitrogen and oxygen atoms in total. The van der Waals surface area contributed by atoms with Gasteiger partial charge >= 0.3 is 5.97 Å². The highest BCUT2D eigenvalue weighted by Crippen LogP contribution is 2.57. The van der Waals surface area contributed by atoms with E-state index in [1.165, 1.54) is 11.8 Å². The molecule has 1 aromatic rings. The van der Waals surface area contributed by atoms with Crippen molar-refractivity contribution in [1.82, 2.24) is 0 Å². The van der Waals surface area contributed by atoms with Crippen molar-refractivity contribution in [1.29, 1.82) is 0 Å². The van der Waals surface area contributed by atoms with Gasteiger partial charge in [-0.2, -0.15) is 0 Å². The quantitative estimate of drug-likeness (QED) is 0.899. The van der Waals surface area contributed by atoms with E-state index in [4.69, 9.17) is 11.6 Å². The Bertz CT molecular complexity index is 431. The summed E-state index contributed by atoms with van der Waals surface area (Å²) in [4.78, 5) is 12.4. The van der Waals surface area contributed by atoms with Crippen LogP contribution in [0.1, 0.15) is 26.7 Å². The van der Waals surface area contributed by atoms with Crippen molar-refractivity contribution in [2.75, 3.05) is 0 Å². The number of aliphatic carboxylic acids is 1. The molecule has 1 aromatic carbocycles. The Morgan fingerprint density at radius 1 is 1.29 bits per heavy atom. The van der Waals surface area contributed by atoms with Crippen molar-refractivity contribution in [3.63, 3.8) is 0 Å². The van der Waals surface area contributed by atoms with Crippen LogP contribution < -0.4 is 0 Å². The van der Waals surface area contributed by atoms with Crippen LogP contribution in [0.15, 0.2) is 29.2 Å². The molecule has 1 saturated carbocycles. The SMILES string of the molecule is CC1(C)CC(Sc2ccc(Cl)cc2)(C(=O)O)C1. The third-order valence-electron chi connectivity index (χ3n) is 3.04. The molecular weight excluding hydrogens is 256 g/mol. The highest BCUT2D eigenvalue weighted by molar-refractivity contribution is 8.01. The van der Waals surface area contributed by atoms with Gasteiger partial charge in [0.15, 0.2) is 0 Å². The summed E-state index contributed by atoms with van der Waals surface area (Å²) >= 11 is 7.25. The lowest BCUT2D eigenvalue weighted by molar-refractivity contribution is -0.145. The molecule has 1 aliphatic carbocycles. The summed E-state index contributed by atoms with van der Waals surface area (Å²) in [6, 6.07) is 7.35. The lowest BCUT2D eigenvalue weighted by Gasteiger charge is -2.49. The topological polar surface area (TPSA) is 37.3 Å². The fourth-order valence-electron chi connectivity index (χ4n) is 2.49. The van der Waals surface area contributed by atoms with Gasteiger partial charge in [-0.3, -0.25) is 4.79 Å².